The van der Waals surface area contributed by atoms with Crippen LogP contribution in [0.15, 0.2) is 36.8 Å². The maximum Gasteiger partial charge on any atom is 0.246 e. The third-order valence-electron chi connectivity index (χ3n) is 2.99. The van der Waals surface area contributed by atoms with Crippen molar-refractivity contribution in [3.8, 4) is 0 Å². The molecule has 0 saturated carbocycles. The van der Waals surface area contributed by atoms with E-state index in [0.717, 1.165) is 12.8 Å². The van der Waals surface area contributed by atoms with Crippen LogP contribution in [0.4, 0.5) is 0 Å². The van der Waals surface area contributed by atoms with E-state index in [1.807, 2.05) is 0 Å². The smallest absolute Gasteiger partial charge is 0.246 e. The van der Waals surface area contributed by atoms with Crippen LogP contribution in [0, 0.1) is 0 Å². The first-order valence-corrected chi connectivity index (χ1v) is 4.99. The van der Waals surface area contributed by atoms with Crippen molar-refractivity contribution in [2.24, 2.45) is 0 Å². The molecule has 72 valence electrons. The average Bonchev–Trinajstić information content (AvgIpc) is 2.85. The van der Waals surface area contributed by atoms with Gasteiger partial charge in [-0.1, -0.05) is 24.3 Å². The fourth-order valence-electron chi connectivity index (χ4n) is 2.31. The van der Waals surface area contributed by atoms with E-state index < -0.39 is 0 Å². The van der Waals surface area contributed by atoms with Gasteiger partial charge in [-0.25, -0.2) is 0 Å². The van der Waals surface area contributed by atoms with Crippen LogP contribution in [0.3, 0.4) is 0 Å². The van der Waals surface area contributed by atoms with Gasteiger partial charge in [-0.15, -0.1) is 0 Å². The predicted octanol–water partition coefficient (Wildman–Crippen LogP) is 2.56. The molecule has 1 atom stereocenters. The molecule has 1 unspecified atom stereocenters. The van der Waals surface area contributed by atoms with Crippen LogP contribution in [0.25, 0.3) is 0 Å². The summed E-state index contributed by atoms with van der Waals surface area (Å²) in [7, 11) is 0. The van der Waals surface area contributed by atoms with Gasteiger partial charge in [0.2, 0.25) is 6.29 Å². The molecule has 1 aromatic rings. The number of hydrogen-bond acceptors (Lipinski definition) is 2. The monoisotopic (exact) mass is 188 g/mol. The lowest BCUT2D eigenvalue weighted by Gasteiger charge is -2.18. The largest absolute Gasteiger partial charge is 0.459 e. The summed E-state index contributed by atoms with van der Waals surface area (Å²) in [5.74, 6) is 0.404. The Kier molecular flexibility index (Phi) is 1.72. The predicted molar refractivity (Wildman–Crippen MR) is 52.6 cm³/mol. The summed E-state index contributed by atoms with van der Waals surface area (Å²) in [4.78, 5) is 0. The molecule has 2 aliphatic rings. The van der Waals surface area contributed by atoms with Gasteiger partial charge in [-0.2, -0.15) is 0 Å². The molecule has 1 aromatic carbocycles. The van der Waals surface area contributed by atoms with E-state index >= 15 is 0 Å². The minimum Gasteiger partial charge on any atom is -0.459 e. The second-order valence-corrected chi connectivity index (χ2v) is 3.76. The third kappa shape index (κ3) is 1.10. The van der Waals surface area contributed by atoms with Crippen molar-refractivity contribution in [3.05, 3.63) is 47.9 Å². The maximum atomic E-state index is 5.39. The van der Waals surface area contributed by atoms with Gasteiger partial charge >= 0.3 is 0 Å². The second-order valence-electron chi connectivity index (χ2n) is 3.76. The molecule has 0 saturated heterocycles. The molecule has 0 bridgehead atoms. The van der Waals surface area contributed by atoms with Crippen molar-refractivity contribution in [2.45, 2.75) is 25.0 Å². The van der Waals surface area contributed by atoms with Crippen molar-refractivity contribution in [1.82, 2.24) is 0 Å². The second kappa shape index (κ2) is 3.05. The number of benzene rings is 1. The summed E-state index contributed by atoms with van der Waals surface area (Å²) in [5.41, 5.74) is 2.83. The van der Waals surface area contributed by atoms with E-state index in [-0.39, 0.29) is 6.29 Å². The summed E-state index contributed by atoms with van der Waals surface area (Å²) >= 11 is 0. The van der Waals surface area contributed by atoms with Gasteiger partial charge in [0.1, 0.15) is 12.5 Å². The minimum absolute atomic E-state index is 0.0985. The summed E-state index contributed by atoms with van der Waals surface area (Å²) < 4.78 is 10.8. The molecule has 0 aromatic heterocycles. The van der Waals surface area contributed by atoms with Gasteiger partial charge in [0, 0.05) is 0 Å². The van der Waals surface area contributed by atoms with Gasteiger partial charge in [0.05, 0.1) is 5.92 Å². The van der Waals surface area contributed by atoms with E-state index in [4.69, 9.17) is 9.47 Å². The molecule has 2 heteroatoms. The third-order valence-corrected chi connectivity index (χ3v) is 2.99. The summed E-state index contributed by atoms with van der Waals surface area (Å²) in [6.07, 6.45) is 5.44. The quantitative estimate of drug-likeness (QED) is 0.674. The van der Waals surface area contributed by atoms with E-state index in [1.54, 1.807) is 12.5 Å². The van der Waals surface area contributed by atoms with Gasteiger partial charge < -0.3 is 9.47 Å². The van der Waals surface area contributed by atoms with Crippen LogP contribution in [0.1, 0.15) is 23.5 Å². The highest BCUT2D eigenvalue weighted by Gasteiger charge is 2.32. The molecule has 1 heterocycles. The Hall–Kier alpha value is -1.44. The zero-order valence-electron chi connectivity index (χ0n) is 7.85. The van der Waals surface area contributed by atoms with Crippen molar-refractivity contribution >= 4 is 0 Å². The van der Waals surface area contributed by atoms with Crippen LogP contribution < -0.4 is 0 Å². The lowest BCUT2D eigenvalue weighted by atomic mass is 10.0. The minimum atomic E-state index is -0.0985. The molecular weight excluding hydrogens is 176 g/mol. The lowest BCUT2D eigenvalue weighted by molar-refractivity contribution is -0.0426. The molecule has 2 nitrogen and oxygen atoms in total. The number of fused-ring (bicyclic) bond motifs is 1. The highest BCUT2D eigenvalue weighted by Crippen LogP contribution is 2.37. The molecule has 0 radical (unpaired) electrons. The van der Waals surface area contributed by atoms with Crippen LogP contribution in [0.2, 0.25) is 0 Å². The van der Waals surface area contributed by atoms with Crippen LogP contribution in [-0.4, -0.2) is 6.29 Å². The maximum absolute atomic E-state index is 5.39. The van der Waals surface area contributed by atoms with E-state index in [0.29, 0.717) is 5.92 Å². The Morgan fingerprint density at radius 2 is 1.86 bits per heavy atom. The highest BCUT2D eigenvalue weighted by molar-refractivity contribution is 5.35. The standard InChI is InChI=1S/C12H12O2/c1-2-4-10-9(3-1)5-6-11(10)12-13-7-8-14-12/h1-4,7-8,11-12H,5-6H2. The van der Waals surface area contributed by atoms with Crippen LogP contribution in [0.5, 0.6) is 0 Å². The summed E-state index contributed by atoms with van der Waals surface area (Å²) in [6.45, 7) is 0. The van der Waals surface area contributed by atoms with Gasteiger partial charge in [0.15, 0.2) is 0 Å². The Labute approximate surface area is 83.1 Å². The molecular formula is C12H12O2. The number of ether oxygens (including phenoxy) is 2. The first kappa shape index (κ1) is 7.92. The molecule has 0 N–H and O–H groups in total. The van der Waals surface area contributed by atoms with Gasteiger partial charge in [-0.3, -0.25) is 0 Å². The molecule has 3 rings (SSSR count). The molecule has 0 spiro atoms. The van der Waals surface area contributed by atoms with Crippen LogP contribution >= 0.6 is 0 Å². The molecule has 1 aliphatic carbocycles. The molecule has 1 aliphatic heterocycles. The summed E-state index contributed by atoms with van der Waals surface area (Å²) in [5, 5.41) is 0. The SMILES string of the molecule is C1=COC(C2CCc3ccccc32)O1. The fourth-order valence-corrected chi connectivity index (χ4v) is 2.31. The average molecular weight is 188 g/mol. The van der Waals surface area contributed by atoms with Crippen molar-refractivity contribution < 1.29 is 9.47 Å². The lowest BCUT2D eigenvalue weighted by Crippen LogP contribution is -2.17. The van der Waals surface area contributed by atoms with Crippen molar-refractivity contribution in [1.29, 1.82) is 0 Å². The zero-order valence-corrected chi connectivity index (χ0v) is 7.85. The number of rotatable bonds is 1. The zero-order chi connectivity index (χ0) is 9.38. The molecule has 0 fully saturated rings. The van der Waals surface area contributed by atoms with E-state index in [9.17, 15) is 0 Å². The first-order valence-electron chi connectivity index (χ1n) is 4.99. The normalized spacial score (nSPS) is 24.4. The topological polar surface area (TPSA) is 18.5 Å². The Morgan fingerprint density at radius 1 is 1.07 bits per heavy atom. The molecule has 0 amide bonds. The number of hydrogen-bond donors (Lipinski definition) is 0. The molecule has 14 heavy (non-hydrogen) atoms. The van der Waals surface area contributed by atoms with E-state index in [1.165, 1.54) is 11.1 Å². The fraction of sp³-hybridized carbons (Fsp3) is 0.333. The van der Waals surface area contributed by atoms with Gasteiger partial charge in [0.25, 0.3) is 0 Å². The van der Waals surface area contributed by atoms with Crippen LogP contribution in [-0.2, 0) is 15.9 Å². The Bertz CT molecular complexity index is 362. The van der Waals surface area contributed by atoms with Crippen molar-refractivity contribution in [3.63, 3.8) is 0 Å². The Balaban J connectivity index is 1.90. The van der Waals surface area contributed by atoms with E-state index in [2.05, 4.69) is 24.3 Å². The van der Waals surface area contributed by atoms with Crippen molar-refractivity contribution in [2.75, 3.05) is 0 Å². The highest BCUT2D eigenvalue weighted by atomic mass is 16.7. The number of aryl methyl sites for hydroxylation is 1. The summed E-state index contributed by atoms with van der Waals surface area (Å²) in [6, 6.07) is 8.55. The first-order chi connectivity index (χ1) is 6.95. The Morgan fingerprint density at radius 3 is 2.71 bits per heavy atom. The van der Waals surface area contributed by atoms with Gasteiger partial charge in [-0.05, 0) is 24.0 Å².